The van der Waals surface area contributed by atoms with E-state index in [2.05, 4.69) is 9.97 Å². The second-order valence-corrected chi connectivity index (χ2v) is 10.5. The van der Waals surface area contributed by atoms with Gasteiger partial charge in [-0.1, -0.05) is 47.7 Å². The summed E-state index contributed by atoms with van der Waals surface area (Å²) in [5.41, 5.74) is 1.91. The highest BCUT2D eigenvalue weighted by atomic mass is 32.2. The van der Waals surface area contributed by atoms with Crippen molar-refractivity contribution < 1.29 is 22.7 Å². The molecule has 0 unspecified atom stereocenters. The minimum Gasteiger partial charge on any atom is -0.495 e. The first-order valence-corrected chi connectivity index (χ1v) is 13.0. The van der Waals surface area contributed by atoms with Gasteiger partial charge in [0.1, 0.15) is 27.5 Å². The molecule has 1 amide bonds. The lowest BCUT2D eigenvalue weighted by Gasteiger charge is -2.20. The van der Waals surface area contributed by atoms with Gasteiger partial charge in [-0.05, 0) is 29.3 Å². The van der Waals surface area contributed by atoms with Crippen LogP contribution in [-0.4, -0.2) is 44.3 Å². The predicted octanol–water partition coefficient (Wildman–Crippen LogP) is 3.86. The van der Waals surface area contributed by atoms with Crippen LogP contribution in [0.15, 0.2) is 67.0 Å². The van der Waals surface area contributed by atoms with Gasteiger partial charge >= 0.3 is 0 Å². The molecule has 176 valence electrons. The van der Waals surface area contributed by atoms with E-state index in [0.29, 0.717) is 32.4 Å². The van der Waals surface area contributed by atoms with Crippen molar-refractivity contribution in [3.63, 3.8) is 0 Å². The van der Waals surface area contributed by atoms with Crippen molar-refractivity contribution >= 4 is 42.4 Å². The lowest BCUT2D eigenvalue weighted by molar-refractivity contribution is -0.116. The molecule has 0 aliphatic carbocycles. The van der Waals surface area contributed by atoms with E-state index >= 15 is 0 Å². The summed E-state index contributed by atoms with van der Waals surface area (Å²) in [5.74, 6) is -0.320. The molecular formula is C24H23N3O5S2. The van der Waals surface area contributed by atoms with Gasteiger partial charge in [0, 0.05) is 12.4 Å². The van der Waals surface area contributed by atoms with Crippen LogP contribution in [0, 0.1) is 0 Å². The molecule has 0 saturated heterocycles. The monoisotopic (exact) mass is 497 g/mol. The van der Waals surface area contributed by atoms with Crippen molar-refractivity contribution in [3.8, 4) is 11.5 Å². The summed E-state index contributed by atoms with van der Waals surface area (Å²) in [7, 11) is -0.627. The molecule has 0 bridgehead atoms. The third kappa shape index (κ3) is 5.35. The maximum Gasteiger partial charge on any atom is 0.244 e. The number of aromatic nitrogens is 2. The Balaban J connectivity index is 1.70. The van der Waals surface area contributed by atoms with Gasteiger partial charge in [0.25, 0.3) is 0 Å². The summed E-state index contributed by atoms with van der Waals surface area (Å²) >= 11 is 1.24. The van der Waals surface area contributed by atoms with Gasteiger partial charge in [-0.15, -0.1) is 0 Å². The van der Waals surface area contributed by atoms with Crippen LogP contribution in [0.2, 0.25) is 0 Å². The minimum absolute atomic E-state index is 0.123. The van der Waals surface area contributed by atoms with Gasteiger partial charge in [-0.2, -0.15) is 0 Å². The number of hydrogen-bond donors (Lipinski definition) is 0. The van der Waals surface area contributed by atoms with E-state index in [-0.39, 0.29) is 12.3 Å². The number of methoxy groups -OCH3 is 2. The Morgan fingerprint density at radius 3 is 2.35 bits per heavy atom. The zero-order chi connectivity index (χ0) is 24.1. The van der Waals surface area contributed by atoms with Crippen LogP contribution in [0.5, 0.6) is 11.5 Å². The molecular weight excluding hydrogens is 474 g/mol. The van der Waals surface area contributed by atoms with Crippen molar-refractivity contribution in [2.75, 3.05) is 24.9 Å². The number of rotatable bonds is 9. The lowest BCUT2D eigenvalue weighted by Crippen LogP contribution is -2.35. The van der Waals surface area contributed by atoms with Crippen molar-refractivity contribution in [2.24, 2.45) is 0 Å². The zero-order valence-corrected chi connectivity index (χ0v) is 20.3. The Kier molecular flexibility index (Phi) is 7.09. The number of fused-ring (bicyclic) bond motifs is 1. The van der Waals surface area contributed by atoms with Crippen LogP contribution in [0.3, 0.4) is 0 Å². The summed E-state index contributed by atoms with van der Waals surface area (Å²) in [4.78, 5) is 23.5. The molecule has 0 aliphatic heterocycles. The second-order valence-electron chi connectivity index (χ2n) is 7.50. The number of carbonyl (C=O) groups excluding carboxylic acids is 1. The van der Waals surface area contributed by atoms with E-state index in [1.165, 1.54) is 23.3 Å². The molecule has 34 heavy (non-hydrogen) atoms. The number of nitrogens with zero attached hydrogens (tertiary/aromatic N) is 3. The number of anilines is 1. The Hall–Kier alpha value is -3.50. The Morgan fingerprint density at radius 1 is 0.971 bits per heavy atom. The SMILES string of the molecule is COc1ccc(OC)c2sc(N(Cc3cccnc3)C(=O)CS(=O)(=O)Cc3ccccc3)nc12. The molecule has 0 radical (unpaired) electrons. The summed E-state index contributed by atoms with van der Waals surface area (Å²) in [5, 5.41) is 0.349. The molecule has 8 nitrogen and oxygen atoms in total. The van der Waals surface area contributed by atoms with Gasteiger partial charge in [0.2, 0.25) is 5.91 Å². The van der Waals surface area contributed by atoms with Crippen molar-refractivity contribution in [1.29, 1.82) is 0 Å². The maximum atomic E-state index is 13.4. The van der Waals surface area contributed by atoms with E-state index in [1.807, 2.05) is 12.1 Å². The van der Waals surface area contributed by atoms with Crippen LogP contribution in [0.4, 0.5) is 5.13 Å². The smallest absolute Gasteiger partial charge is 0.244 e. The van der Waals surface area contributed by atoms with Crippen LogP contribution in [-0.2, 0) is 26.9 Å². The van der Waals surface area contributed by atoms with Gasteiger partial charge in [0.15, 0.2) is 15.0 Å². The van der Waals surface area contributed by atoms with Crippen LogP contribution in [0.1, 0.15) is 11.1 Å². The molecule has 0 saturated carbocycles. The number of benzene rings is 2. The van der Waals surface area contributed by atoms with Gasteiger partial charge in [-0.3, -0.25) is 14.7 Å². The number of ether oxygens (including phenoxy) is 2. The first-order valence-electron chi connectivity index (χ1n) is 10.4. The number of hydrogen-bond acceptors (Lipinski definition) is 8. The van der Waals surface area contributed by atoms with Crippen LogP contribution >= 0.6 is 11.3 Å². The molecule has 0 aliphatic rings. The third-order valence-electron chi connectivity index (χ3n) is 5.07. The van der Waals surface area contributed by atoms with Crippen LogP contribution < -0.4 is 14.4 Å². The molecule has 2 aromatic carbocycles. The number of carbonyl (C=O) groups is 1. The highest BCUT2D eigenvalue weighted by Gasteiger charge is 2.27. The van der Waals surface area contributed by atoms with Crippen LogP contribution in [0.25, 0.3) is 10.2 Å². The summed E-state index contributed by atoms with van der Waals surface area (Å²) in [6, 6.07) is 15.9. The minimum atomic E-state index is -3.71. The molecule has 0 fully saturated rings. The quantitative estimate of drug-likeness (QED) is 0.346. The molecule has 0 spiro atoms. The Morgan fingerprint density at radius 2 is 1.68 bits per heavy atom. The Labute approximate surface area is 201 Å². The molecule has 4 aromatic rings. The summed E-state index contributed by atoms with van der Waals surface area (Å²) < 4.78 is 37.3. The number of thiazole rings is 1. The van der Waals surface area contributed by atoms with Crippen molar-refractivity contribution in [2.45, 2.75) is 12.3 Å². The summed E-state index contributed by atoms with van der Waals surface area (Å²) in [6.45, 7) is 0.123. The number of sulfone groups is 1. The molecule has 2 heterocycles. The molecule has 2 aromatic heterocycles. The normalized spacial score (nSPS) is 11.4. The first kappa shape index (κ1) is 23.7. The average molecular weight is 498 g/mol. The van der Waals surface area contributed by atoms with E-state index in [9.17, 15) is 13.2 Å². The fourth-order valence-electron chi connectivity index (χ4n) is 3.47. The highest BCUT2D eigenvalue weighted by Crippen LogP contribution is 2.40. The standard InChI is InChI=1S/C24H23N3O5S2/c1-31-19-10-11-20(32-2)23-22(19)26-24(33-23)27(14-18-9-6-12-25-13-18)21(28)16-34(29,30)15-17-7-4-3-5-8-17/h3-13H,14-16H2,1-2H3. The fraction of sp³-hybridized carbons (Fsp3) is 0.208. The second kappa shape index (κ2) is 10.2. The van der Waals surface area contributed by atoms with Gasteiger partial charge in [-0.25, -0.2) is 13.4 Å². The van der Waals surface area contributed by atoms with E-state index in [4.69, 9.17) is 9.47 Å². The van der Waals surface area contributed by atoms with Crippen molar-refractivity contribution in [3.05, 3.63) is 78.1 Å². The number of pyridine rings is 1. The molecule has 0 N–H and O–H groups in total. The van der Waals surface area contributed by atoms with E-state index < -0.39 is 21.5 Å². The molecule has 4 rings (SSSR count). The maximum absolute atomic E-state index is 13.4. The topological polar surface area (TPSA) is 98.7 Å². The summed E-state index contributed by atoms with van der Waals surface area (Å²) in [6.07, 6.45) is 3.26. The highest BCUT2D eigenvalue weighted by molar-refractivity contribution is 7.91. The van der Waals surface area contributed by atoms with Gasteiger partial charge in [0.05, 0.1) is 26.5 Å². The van der Waals surface area contributed by atoms with E-state index in [1.54, 1.807) is 62.0 Å². The lowest BCUT2D eigenvalue weighted by atomic mass is 10.2. The predicted molar refractivity (Wildman–Crippen MR) is 132 cm³/mol. The first-order chi connectivity index (χ1) is 16.4. The fourth-order valence-corrected chi connectivity index (χ4v) is 5.90. The number of amides is 1. The van der Waals surface area contributed by atoms with Crippen molar-refractivity contribution in [1.82, 2.24) is 9.97 Å². The Bertz CT molecular complexity index is 1350. The average Bonchev–Trinajstić information content (AvgIpc) is 3.27. The van der Waals surface area contributed by atoms with Gasteiger partial charge < -0.3 is 9.47 Å². The largest absolute Gasteiger partial charge is 0.495 e. The molecule has 0 atom stereocenters. The third-order valence-corrected chi connectivity index (χ3v) is 7.62. The van der Waals surface area contributed by atoms with E-state index in [0.717, 1.165) is 5.56 Å². The zero-order valence-electron chi connectivity index (χ0n) is 18.7. The molecule has 10 heteroatoms.